The number of hydrogen-bond acceptors (Lipinski definition) is 4. The fourth-order valence-corrected chi connectivity index (χ4v) is 4.49. The number of hydrogen-bond donors (Lipinski definition) is 3. The molecule has 0 radical (unpaired) electrons. The number of aromatic nitrogens is 2. The molecule has 0 aliphatic heterocycles. The van der Waals surface area contributed by atoms with Crippen LogP contribution in [0, 0.1) is 0 Å². The van der Waals surface area contributed by atoms with Gasteiger partial charge in [0, 0.05) is 36.3 Å². The first-order chi connectivity index (χ1) is 16.5. The fraction of sp³-hybridized carbons (Fsp3) is 0.192. The lowest BCUT2D eigenvalue weighted by molar-refractivity contribution is 0.415. The molecule has 0 aliphatic carbocycles. The SMILES string of the molecule is COc1ccc(-c2nc(-c3ccccc3)[nH]c2CCNS(=O)(=O)NCCc2ccccc2)cc1. The van der Waals surface area contributed by atoms with E-state index in [-0.39, 0.29) is 6.54 Å². The molecule has 0 amide bonds. The normalized spacial score (nSPS) is 11.4. The molecule has 0 saturated heterocycles. The van der Waals surface area contributed by atoms with Gasteiger partial charge in [-0.1, -0.05) is 60.7 Å². The van der Waals surface area contributed by atoms with Crippen LogP contribution in [0.1, 0.15) is 11.3 Å². The second-order valence-electron chi connectivity index (χ2n) is 7.78. The minimum absolute atomic E-state index is 0.236. The molecule has 1 heterocycles. The molecule has 176 valence electrons. The summed E-state index contributed by atoms with van der Waals surface area (Å²) in [5.41, 5.74) is 4.62. The Bertz CT molecular complexity index is 1290. The molecule has 8 heteroatoms. The van der Waals surface area contributed by atoms with Gasteiger partial charge in [-0.05, 0) is 36.2 Å². The molecule has 4 rings (SSSR count). The highest BCUT2D eigenvalue weighted by atomic mass is 32.2. The summed E-state index contributed by atoms with van der Waals surface area (Å²) in [5, 5.41) is 0. The Hall–Kier alpha value is -3.46. The third-order valence-electron chi connectivity index (χ3n) is 5.41. The number of methoxy groups -OCH3 is 1. The summed E-state index contributed by atoms with van der Waals surface area (Å²) in [7, 11) is -1.98. The summed E-state index contributed by atoms with van der Waals surface area (Å²) in [6.45, 7) is 0.568. The highest BCUT2D eigenvalue weighted by molar-refractivity contribution is 7.87. The quantitative estimate of drug-likeness (QED) is 0.305. The van der Waals surface area contributed by atoms with E-state index in [4.69, 9.17) is 9.72 Å². The highest BCUT2D eigenvalue weighted by Crippen LogP contribution is 2.27. The summed E-state index contributed by atoms with van der Waals surface area (Å²) < 4.78 is 35.3. The molecule has 3 N–H and O–H groups in total. The average Bonchev–Trinajstić information content (AvgIpc) is 3.29. The van der Waals surface area contributed by atoms with Crippen LogP contribution in [-0.2, 0) is 23.1 Å². The van der Waals surface area contributed by atoms with E-state index in [2.05, 4.69) is 14.4 Å². The van der Waals surface area contributed by atoms with Crippen molar-refractivity contribution in [3.8, 4) is 28.4 Å². The van der Waals surface area contributed by atoms with Crippen LogP contribution in [0.3, 0.4) is 0 Å². The van der Waals surface area contributed by atoms with Gasteiger partial charge >= 0.3 is 0 Å². The lowest BCUT2D eigenvalue weighted by Gasteiger charge is -2.09. The largest absolute Gasteiger partial charge is 0.497 e. The maximum Gasteiger partial charge on any atom is 0.276 e. The van der Waals surface area contributed by atoms with Gasteiger partial charge in [0.05, 0.1) is 12.8 Å². The van der Waals surface area contributed by atoms with E-state index in [1.165, 1.54) is 0 Å². The van der Waals surface area contributed by atoms with Gasteiger partial charge in [0.2, 0.25) is 0 Å². The monoisotopic (exact) mass is 476 g/mol. The minimum atomic E-state index is -3.60. The topological polar surface area (TPSA) is 96.1 Å². The Labute approximate surface area is 200 Å². The molecule has 0 fully saturated rings. The summed E-state index contributed by atoms with van der Waals surface area (Å²) >= 11 is 0. The number of nitrogens with zero attached hydrogens (tertiary/aromatic N) is 1. The van der Waals surface area contributed by atoms with Gasteiger partial charge in [0.1, 0.15) is 11.6 Å². The van der Waals surface area contributed by atoms with Gasteiger partial charge in [0.15, 0.2) is 0 Å². The smallest absolute Gasteiger partial charge is 0.276 e. The Morgan fingerprint density at radius 2 is 1.41 bits per heavy atom. The Morgan fingerprint density at radius 1 is 0.794 bits per heavy atom. The zero-order valence-electron chi connectivity index (χ0n) is 19.0. The third-order valence-corrected chi connectivity index (χ3v) is 6.57. The fourth-order valence-electron chi connectivity index (χ4n) is 3.65. The number of H-pyrrole nitrogens is 1. The third kappa shape index (κ3) is 6.32. The van der Waals surface area contributed by atoms with Gasteiger partial charge in [0.25, 0.3) is 10.2 Å². The van der Waals surface area contributed by atoms with Crippen molar-refractivity contribution in [2.45, 2.75) is 12.8 Å². The van der Waals surface area contributed by atoms with Crippen LogP contribution in [0.5, 0.6) is 5.75 Å². The first-order valence-corrected chi connectivity index (χ1v) is 12.6. The van der Waals surface area contributed by atoms with Gasteiger partial charge < -0.3 is 9.72 Å². The first kappa shape index (κ1) is 23.7. The molecule has 0 atom stereocenters. The van der Waals surface area contributed by atoms with Crippen molar-refractivity contribution < 1.29 is 13.2 Å². The molecular weight excluding hydrogens is 448 g/mol. The van der Waals surface area contributed by atoms with Crippen LogP contribution < -0.4 is 14.2 Å². The van der Waals surface area contributed by atoms with Crippen LogP contribution >= 0.6 is 0 Å². The molecule has 0 spiro atoms. The van der Waals surface area contributed by atoms with E-state index in [1.807, 2.05) is 84.9 Å². The predicted octanol–water partition coefficient (Wildman–Crippen LogP) is 3.96. The summed E-state index contributed by atoms with van der Waals surface area (Å²) in [6, 6.07) is 27.3. The minimum Gasteiger partial charge on any atom is -0.497 e. The lowest BCUT2D eigenvalue weighted by atomic mass is 10.1. The van der Waals surface area contributed by atoms with Gasteiger partial charge in [-0.25, -0.2) is 14.4 Å². The molecule has 4 aromatic rings. The van der Waals surface area contributed by atoms with Crippen LogP contribution in [0.4, 0.5) is 0 Å². The number of aromatic amines is 1. The maximum atomic E-state index is 12.4. The molecule has 0 bridgehead atoms. The van der Waals surface area contributed by atoms with Crippen molar-refractivity contribution in [3.05, 3.63) is 96.2 Å². The van der Waals surface area contributed by atoms with Crippen LogP contribution in [0.2, 0.25) is 0 Å². The molecule has 0 saturated carbocycles. The van der Waals surface area contributed by atoms with Crippen molar-refractivity contribution in [2.75, 3.05) is 20.2 Å². The Kier molecular flexibility index (Phi) is 7.74. The van der Waals surface area contributed by atoms with E-state index < -0.39 is 10.2 Å². The van der Waals surface area contributed by atoms with E-state index in [0.717, 1.165) is 39.7 Å². The molecule has 34 heavy (non-hydrogen) atoms. The molecule has 0 unspecified atom stereocenters. The number of imidazole rings is 1. The van der Waals surface area contributed by atoms with Gasteiger partial charge in [-0.3, -0.25) is 0 Å². The van der Waals surface area contributed by atoms with E-state index >= 15 is 0 Å². The van der Waals surface area contributed by atoms with Crippen molar-refractivity contribution >= 4 is 10.2 Å². The second kappa shape index (κ2) is 11.1. The second-order valence-corrected chi connectivity index (χ2v) is 9.37. The van der Waals surface area contributed by atoms with Gasteiger partial charge in [-0.2, -0.15) is 8.42 Å². The number of rotatable bonds is 11. The lowest BCUT2D eigenvalue weighted by Crippen LogP contribution is -2.38. The van der Waals surface area contributed by atoms with Crippen LogP contribution in [0.15, 0.2) is 84.9 Å². The summed E-state index contributed by atoms with van der Waals surface area (Å²) in [4.78, 5) is 8.19. The predicted molar refractivity (Wildman–Crippen MR) is 135 cm³/mol. The highest BCUT2D eigenvalue weighted by Gasteiger charge is 2.15. The molecule has 3 aromatic carbocycles. The zero-order chi connectivity index (χ0) is 23.8. The molecule has 7 nitrogen and oxygen atoms in total. The summed E-state index contributed by atoms with van der Waals surface area (Å²) in [5.74, 6) is 1.50. The number of nitrogens with one attached hydrogen (secondary N) is 3. The van der Waals surface area contributed by atoms with E-state index in [0.29, 0.717) is 19.4 Å². The standard InChI is InChI=1S/C26H28N4O3S/c1-33-23-14-12-21(13-15-23)25-24(29-26(30-25)22-10-6-3-7-11-22)17-19-28-34(31,32)27-18-16-20-8-4-2-5-9-20/h2-15,27-28H,16-19H2,1H3,(H,29,30). The Morgan fingerprint density at radius 3 is 2.06 bits per heavy atom. The molecule has 0 aliphatic rings. The molecular formula is C26H28N4O3S. The number of ether oxygens (including phenoxy) is 1. The van der Waals surface area contributed by atoms with E-state index in [9.17, 15) is 8.42 Å². The Balaban J connectivity index is 1.44. The molecule has 1 aromatic heterocycles. The first-order valence-electron chi connectivity index (χ1n) is 11.1. The average molecular weight is 477 g/mol. The maximum absolute atomic E-state index is 12.4. The van der Waals surface area contributed by atoms with E-state index in [1.54, 1.807) is 7.11 Å². The summed E-state index contributed by atoms with van der Waals surface area (Å²) in [6.07, 6.45) is 1.09. The van der Waals surface area contributed by atoms with Gasteiger partial charge in [-0.15, -0.1) is 0 Å². The van der Waals surface area contributed by atoms with Crippen molar-refractivity contribution in [1.29, 1.82) is 0 Å². The zero-order valence-corrected chi connectivity index (χ0v) is 19.8. The van der Waals surface area contributed by atoms with Crippen LogP contribution in [-0.4, -0.2) is 38.6 Å². The van der Waals surface area contributed by atoms with Crippen molar-refractivity contribution in [1.82, 2.24) is 19.4 Å². The van der Waals surface area contributed by atoms with Crippen molar-refractivity contribution in [3.63, 3.8) is 0 Å². The van der Waals surface area contributed by atoms with Crippen molar-refractivity contribution in [2.24, 2.45) is 0 Å². The van der Waals surface area contributed by atoms with Crippen LogP contribution in [0.25, 0.3) is 22.6 Å². The number of benzene rings is 3.